The van der Waals surface area contributed by atoms with E-state index in [1.54, 1.807) is 0 Å². The minimum Gasteiger partial charge on any atom is -0.335 e. The second-order valence-electron chi connectivity index (χ2n) is 5.98. The molecular weight excluding hydrogens is 216 g/mol. The van der Waals surface area contributed by atoms with Crippen molar-refractivity contribution in [1.29, 1.82) is 5.26 Å². The Morgan fingerprint density at radius 1 is 1.35 bits per heavy atom. The first-order valence-corrected chi connectivity index (χ1v) is 5.95. The number of hydrogen-bond acceptors (Lipinski definition) is 3. The number of hydrogen-bond donors (Lipinski definition) is 3. The van der Waals surface area contributed by atoms with Crippen LogP contribution in [0.15, 0.2) is 0 Å². The lowest BCUT2D eigenvalue weighted by Gasteiger charge is -2.46. The molecule has 96 valence electrons. The average Bonchev–Trinajstić information content (AvgIpc) is 2.09. The van der Waals surface area contributed by atoms with Crippen molar-refractivity contribution in [3.63, 3.8) is 0 Å². The third kappa shape index (κ3) is 4.61. The molecule has 1 heterocycles. The molecule has 0 aromatic heterocycles. The van der Waals surface area contributed by atoms with Crippen molar-refractivity contribution in [2.75, 3.05) is 6.54 Å². The van der Waals surface area contributed by atoms with Gasteiger partial charge in [-0.25, -0.2) is 4.79 Å². The largest absolute Gasteiger partial charge is 0.335 e. The lowest BCUT2D eigenvalue weighted by Crippen LogP contribution is -2.62. The summed E-state index contributed by atoms with van der Waals surface area (Å²) < 4.78 is 0. The third-order valence-electron chi connectivity index (χ3n) is 2.85. The highest BCUT2D eigenvalue weighted by atomic mass is 16.2. The number of nitrogens with zero attached hydrogens (tertiary/aromatic N) is 1. The summed E-state index contributed by atoms with van der Waals surface area (Å²) >= 11 is 0. The Kier molecular flexibility index (Phi) is 3.99. The van der Waals surface area contributed by atoms with Crippen molar-refractivity contribution in [3.05, 3.63) is 0 Å². The van der Waals surface area contributed by atoms with E-state index in [0.29, 0.717) is 0 Å². The number of rotatable bonds is 2. The summed E-state index contributed by atoms with van der Waals surface area (Å²) in [6.45, 7) is 8.58. The fourth-order valence-corrected chi connectivity index (χ4v) is 2.78. The van der Waals surface area contributed by atoms with Gasteiger partial charge in [0.15, 0.2) is 0 Å². The van der Waals surface area contributed by atoms with Gasteiger partial charge in [-0.2, -0.15) is 5.26 Å². The van der Waals surface area contributed by atoms with E-state index < -0.39 is 0 Å². The maximum atomic E-state index is 11.5. The Labute approximate surface area is 103 Å². The molecule has 0 aliphatic carbocycles. The number of piperidine rings is 1. The van der Waals surface area contributed by atoms with Crippen molar-refractivity contribution in [2.24, 2.45) is 0 Å². The fraction of sp³-hybridized carbons (Fsp3) is 0.833. The lowest BCUT2D eigenvalue weighted by atomic mass is 9.80. The number of nitrogens with one attached hydrogen (secondary N) is 3. The van der Waals surface area contributed by atoms with E-state index in [0.717, 1.165) is 12.8 Å². The molecule has 5 heteroatoms. The predicted octanol–water partition coefficient (Wildman–Crippen LogP) is 1.12. The molecule has 17 heavy (non-hydrogen) atoms. The Hall–Kier alpha value is -1.28. The molecule has 3 N–H and O–H groups in total. The van der Waals surface area contributed by atoms with Gasteiger partial charge in [0.05, 0.1) is 6.07 Å². The maximum Gasteiger partial charge on any atom is 0.315 e. The number of amides is 2. The van der Waals surface area contributed by atoms with Crippen molar-refractivity contribution in [1.82, 2.24) is 16.0 Å². The second-order valence-corrected chi connectivity index (χ2v) is 5.98. The molecule has 1 rings (SSSR count). The second kappa shape index (κ2) is 4.92. The van der Waals surface area contributed by atoms with Crippen LogP contribution in [0, 0.1) is 11.3 Å². The Morgan fingerprint density at radius 2 is 1.88 bits per heavy atom. The number of urea groups is 1. The summed E-state index contributed by atoms with van der Waals surface area (Å²) in [6.07, 6.45) is 1.77. The van der Waals surface area contributed by atoms with Crippen molar-refractivity contribution in [2.45, 2.75) is 57.7 Å². The molecule has 0 atom stereocenters. The SMILES string of the molecule is CC1(C)CC(NC(=O)NCC#N)CC(C)(C)N1. The topological polar surface area (TPSA) is 77.0 Å². The Bertz CT molecular complexity index is 314. The first-order valence-electron chi connectivity index (χ1n) is 5.95. The molecule has 1 saturated heterocycles. The Balaban J connectivity index is 2.54. The zero-order valence-electron chi connectivity index (χ0n) is 11.1. The van der Waals surface area contributed by atoms with E-state index in [1.165, 1.54) is 0 Å². The molecule has 0 radical (unpaired) electrons. The molecule has 0 aromatic rings. The van der Waals surface area contributed by atoms with E-state index in [4.69, 9.17) is 5.26 Å². The number of nitriles is 1. The summed E-state index contributed by atoms with van der Waals surface area (Å²) in [5.74, 6) is 0. The molecule has 2 amide bonds. The van der Waals surface area contributed by atoms with Crippen LogP contribution in [0.5, 0.6) is 0 Å². The van der Waals surface area contributed by atoms with E-state index >= 15 is 0 Å². The van der Waals surface area contributed by atoms with Crippen LogP contribution in [0.25, 0.3) is 0 Å². The summed E-state index contributed by atoms with van der Waals surface area (Å²) in [4.78, 5) is 11.5. The average molecular weight is 238 g/mol. The quantitative estimate of drug-likeness (QED) is 0.631. The van der Waals surface area contributed by atoms with Gasteiger partial charge in [-0.15, -0.1) is 0 Å². The number of carbonyl (C=O) groups is 1. The van der Waals surface area contributed by atoms with Crippen LogP contribution in [-0.4, -0.2) is 29.7 Å². The molecule has 0 unspecified atom stereocenters. The van der Waals surface area contributed by atoms with E-state index in [2.05, 4.69) is 43.6 Å². The molecule has 0 bridgehead atoms. The van der Waals surface area contributed by atoms with Gasteiger partial charge in [-0.3, -0.25) is 0 Å². The smallest absolute Gasteiger partial charge is 0.315 e. The summed E-state index contributed by atoms with van der Waals surface area (Å²) in [5, 5.41) is 17.4. The zero-order chi connectivity index (χ0) is 13.1. The summed E-state index contributed by atoms with van der Waals surface area (Å²) in [7, 11) is 0. The fourth-order valence-electron chi connectivity index (χ4n) is 2.78. The predicted molar refractivity (Wildman–Crippen MR) is 66.5 cm³/mol. The van der Waals surface area contributed by atoms with Crippen LogP contribution in [0.3, 0.4) is 0 Å². The molecule has 0 spiro atoms. The highest BCUT2D eigenvalue weighted by Crippen LogP contribution is 2.28. The van der Waals surface area contributed by atoms with Crippen molar-refractivity contribution >= 4 is 6.03 Å². The maximum absolute atomic E-state index is 11.5. The molecule has 1 fully saturated rings. The Morgan fingerprint density at radius 3 is 2.35 bits per heavy atom. The van der Waals surface area contributed by atoms with Gasteiger partial charge in [0.1, 0.15) is 6.54 Å². The monoisotopic (exact) mass is 238 g/mol. The van der Waals surface area contributed by atoms with Crippen LogP contribution in [-0.2, 0) is 0 Å². The van der Waals surface area contributed by atoms with Gasteiger partial charge in [0, 0.05) is 17.1 Å². The first kappa shape index (κ1) is 13.8. The molecule has 5 nitrogen and oxygen atoms in total. The van der Waals surface area contributed by atoms with Gasteiger partial charge >= 0.3 is 6.03 Å². The standard InChI is InChI=1S/C12H22N4O/c1-11(2)7-9(8-12(3,4)16-11)15-10(17)14-6-5-13/h9,16H,6-8H2,1-4H3,(H2,14,15,17). The third-order valence-corrected chi connectivity index (χ3v) is 2.85. The molecule has 0 aromatic carbocycles. The van der Waals surface area contributed by atoms with Crippen LogP contribution in [0.4, 0.5) is 4.79 Å². The van der Waals surface area contributed by atoms with Gasteiger partial charge in [0.2, 0.25) is 0 Å². The van der Waals surface area contributed by atoms with E-state index in [1.807, 2.05) is 6.07 Å². The minimum absolute atomic E-state index is 0.00885. The van der Waals surface area contributed by atoms with E-state index in [-0.39, 0.29) is 29.7 Å². The van der Waals surface area contributed by atoms with Crippen LogP contribution in [0.2, 0.25) is 0 Å². The summed E-state index contributed by atoms with van der Waals surface area (Å²) in [5.41, 5.74) is 0.0177. The van der Waals surface area contributed by atoms with Gasteiger partial charge < -0.3 is 16.0 Å². The normalized spacial score (nSPS) is 22.5. The highest BCUT2D eigenvalue weighted by molar-refractivity contribution is 5.74. The van der Waals surface area contributed by atoms with E-state index in [9.17, 15) is 4.79 Å². The highest BCUT2D eigenvalue weighted by Gasteiger charge is 2.38. The van der Waals surface area contributed by atoms with Gasteiger partial charge in [-0.1, -0.05) is 0 Å². The van der Waals surface area contributed by atoms with Gasteiger partial charge in [-0.05, 0) is 40.5 Å². The molecular formula is C12H22N4O. The van der Waals surface area contributed by atoms with Crippen molar-refractivity contribution < 1.29 is 4.79 Å². The first-order chi connectivity index (χ1) is 7.74. The molecule has 0 saturated carbocycles. The molecule has 1 aliphatic heterocycles. The summed E-state index contributed by atoms with van der Waals surface area (Å²) in [6, 6.07) is 1.76. The number of carbonyl (C=O) groups excluding carboxylic acids is 1. The van der Waals surface area contributed by atoms with Crippen molar-refractivity contribution in [3.8, 4) is 6.07 Å². The minimum atomic E-state index is -0.259. The van der Waals surface area contributed by atoms with Crippen LogP contribution < -0.4 is 16.0 Å². The van der Waals surface area contributed by atoms with Crippen LogP contribution >= 0.6 is 0 Å². The van der Waals surface area contributed by atoms with Gasteiger partial charge in [0.25, 0.3) is 0 Å². The lowest BCUT2D eigenvalue weighted by molar-refractivity contribution is 0.148. The van der Waals surface area contributed by atoms with Crippen LogP contribution in [0.1, 0.15) is 40.5 Å². The molecule has 1 aliphatic rings. The zero-order valence-corrected chi connectivity index (χ0v) is 11.1.